The largest absolute Gasteiger partial charge is 0.366 e. The van der Waals surface area contributed by atoms with Crippen LogP contribution in [-0.4, -0.2) is 16.4 Å². The molecule has 0 fully saturated rings. The maximum Gasteiger partial charge on any atom is 0.263 e. The number of hydrogen-bond acceptors (Lipinski definition) is 3. The minimum absolute atomic E-state index is 0.00327. The van der Waals surface area contributed by atoms with E-state index in [2.05, 4.69) is 5.32 Å². The zero-order valence-electron chi connectivity index (χ0n) is 14.2. The number of amides is 2. The van der Waals surface area contributed by atoms with E-state index >= 15 is 0 Å². The lowest BCUT2D eigenvalue weighted by atomic mass is 10.2. The summed E-state index contributed by atoms with van der Waals surface area (Å²) in [4.78, 5) is 36.2. The molecule has 0 atom stereocenters. The second-order valence-corrected chi connectivity index (χ2v) is 6.25. The van der Waals surface area contributed by atoms with Gasteiger partial charge in [-0.1, -0.05) is 29.8 Å². The second-order valence-electron chi connectivity index (χ2n) is 5.84. The normalized spacial score (nSPS) is 10.4. The van der Waals surface area contributed by atoms with Gasteiger partial charge in [0.1, 0.15) is 5.56 Å². The molecule has 2 aromatic carbocycles. The van der Waals surface area contributed by atoms with Gasteiger partial charge in [0.15, 0.2) is 0 Å². The van der Waals surface area contributed by atoms with Crippen LogP contribution in [0.2, 0.25) is 5.02 Å². The Morgan fingerprint density at radius 1 is 1.00 bits per heavy atom. The van der Waals surface area contributed by atoms with Crippen LogP contribution >= 0.6 is 11.6 Å². The molecule has 0 aliphatic heterocycles. The first-order valence-corrected chi connectivity index (χ1v) is 8.47. The average Bonchev–Trinajstić information content (AvgIpc) is 2.65. The zero-order valence-corrected chi connectivity index (χ0v) is 14.9. The number of carbonyl (C=O) groups excluding carboxylic acids is 2. The summed E-state index contributed by atoms with van der Waals surface area (Å²) >= 11 is 6.14. The molecule has 1 heterocycles. The molecule has 1 aromatic heterocycles. The number of benzene rings is 2. The van der Waals surface area contributed by atoms with Gasteiger partial charge in [0, 0.05) is 22.5 Å². The highest BCUT2D eigenvalue weighted by molar-refractivity contribution is 6.31. The van der Waals surface area contributed by atoms with Crippen molar-refractivity contribution in [2.75, 3.05) is 5.32 Å². The molecular weight excluding hydrogens is 366 g/mol. The van der Waals surface area contributed by atoms with Crippen molar-refractivity contribution < 1.29 is 9.59 Å². The second kappa shape index (κ2) is 7.88. The average molecular weight is 382 g/mol. The SMILES string of the molecule is NC(=O)c1ccc(NC(=O)c2cccn(Cc3ccccc3Cl)c2=O)cc1. The Labute approximate surface area is 160 Å². The summed E-state index contributed by atoms with van der Waals surface area (Å²) in [6.07, 6.45) is 1.60. The van der Waals surface area contributed by atoms with E-state index in [-0.39, 0.29) is 12.1 Å². The van der Waals surface area contributed by atoms with Crippen LogP contribution in [0.5, 0.6) is 0 Å². The third-order valence-electron chi connectivity index (χ3n) is 3.99. The van der Waals surface area contributed by atoms with Crippen LogP contribution in [0.3, 0.4) is 0 Å². The Kier molecular flexibility index (Phi) is 5.38. The molecule has 0 aliphatic rings. The Balaban J connectivity index is 1.82. The molecule has 3 N–H and O–H groups in total. The van der Waals surface area contributed by atoms with Gasteiger partial charge in [-0.15, -0.1) is 0 Å². The van der Waals surface area contributed by atoms with Gasteiger partial charge in [0.25, 0.3) is 11.5 Å². The lowest BCUT2D eigenvalue weighted by Gasteiger charge is -2.10. The van der Waals surface area contributed by atoms with Crippen molar-refractivity contribution in [3.63, 3.8) is 0 Å². The molecule has 0 aliphatic carbocycles. The number of nitrogens with zero attached hydrogens (tertiary/aromatic N) is 1. The molecule has 6 nitrogen and oxygen atoms in total. The summed E-state index contributed by atoms with van der Waals surface area (Å²) in [5.41, 5.74) is 6.32. The Morgan fingerprint density at radius 2 is 1.70 bits per heavy atom. The summed E-state index contributed by atoms with van der Waals surface area (Å²) in [6.45, 7) is 0.257. The number of primary amides is 1. The molecule has 0 saturated heterocycles. The highest BCUT2D eigenvalue weighted by Crippen LogP contribution is 2.16. The lowest BCUT2D eigenvalue weighted by Crippen LogP contribution is -2.29. The monoisotopic (exact) mass is 381 g/mol. The summed E-state index contributed by atoms with van der Waals surface area (Å²) < 4.78 is 1.42. The molecule has 0 bridgehead atoms. The van der Waals surface area contributed by atoms with E-state index in [4.69, 9.17) is 17.3 Å². The maximum atomic E-state index is 12.7. The number of rotatable bonds is 5. The fourth-order valence-corrected chi connectivity index (χ4v) is 2.76. The van der Waals surface area contributed by atoms with Gasteiger partial charge in [-0.25, -0.2) is 0 Å². The Hall–Kier alpha value is -3.38. The minimum atomic E-state index is -0.557. The van der Waals surface area contributed by atoms with Gasteiger partial charge in [0.05, 0.1) is 6.54 Å². The molecule has 0 radical (unpaired) electrons. The van der Waals surface area contributed by atoms with E-state index in [0.29, 0.717) is 16.3 Å². The van der Waals surface area contributed by atoms with E-state index in [1.807, 2.05) is 18.2 Å². The number of carbonyl (C=O) groups is 2. The van der Waals surface area contributed by atoms with Crippen LogP contribution in [0.4, 0.5) is 5.69 Å². The molecular formula is C20H16ClN3O3. The van der Waals surface area contributed by atoms with Crippen LogP contribution in [0.15, 0.2) is 71.7 Å². The molecule has 27 heavy (non-hydrogen) atoms. The maximum absolute atomic E-state index is 12.7. The number of pyridine rings is 1. The fraction of sp³-hybridized carbons (Fsp3) is 0.0500. The number of nitrogens with two attached hydrogens (primary N) is 1. The van der Waals surface area contributed by atoms with Crippen molar-refractivity contribution in [1.82, 2.24) is 4.57 Å². The van der Waals surface area contributed by atoms with Gasteiger partial charge < -0.3 is 15.6 Å². The molecule has 3 rings (SSSR count). The molecule has 3 aromatic rings. The van der Waals surface area contributed by atoms with Gasteiger partial charge in [-0.2, -0.15) is 0 Å². The van der Waals surface area contributed by atoms with Crippen molar-refractivity contribution in [1.29, 1.82) is 0 Å². The van der Waals surface area contributed by atoms with Crippen molar-refractivity contribution in [3.05, 3.63) is 98.9 Å². The standard InChI is InChI=1S/C20H16ClN3O3/c21-17-6-2-1-4-14(17)12-24-11-3-5-16(20(24)27)19(26)23-15-9-7-13(8-10-15)18(22)25/h1-11H,12H2,(H2,22,25)(H,23,26). The van der Waals surface area contributed by atoms with Gasteiger partial charge in [-0.05, 0) is 48.0 Å². The van der Waals surface area contributed by atoms with Crippen molar-refractivity contribution >= 4 is 29.1 Å². The van der Waals surface area contributed by atoms with Crippen LogP contribution in [0.1, 0.15) is 26.3 Å². The Morgan fingerprint density at radius 3 is 2.37 bits per heavy atom. The number of hydrogen-bond donors (Lipinski definition) is 2. The molecule has 2 amide bonds. The number of anilines is 1. The van der Waals surface area contributed by atoms with Gasteiger partial charge >= 0.3 is 0 Å². The third kappa shape index (κ3) is 4.24. The van der Waals surface area contributed by atoms with Crippen LogP contribution in [0.25, 0.3) is 0 Å². The number of aromatic nitrogens is 1. The first-order chi connectivity index (χ1) is 13.0. The topological polar surface area (TPSA) is 94.2 Å². The first-order valence-electron chi connectivity index (χ1n) is 8.10. The molecule has 0 spiro atoms. The highest BCUT2D eigenvalue weighted by atomic mass is 35.5. The summed E-state index contributed by atoms with van der Waals surface area (Å²) in [5.74, 6) is -1.10. The summed E-state index contributed by atoms with van der Waals surface area (Å²) in [7, 11) is 0. The van der Waals surface area contributed by atoms with Gasteiger partial charge in [-0.3, -0.25) is 14.4 Å². The molecule has 0 saturated carbocycles. The fourth-order valence-electron chi connectivity index (χ4n) is 2.56. The quantitative estimate of drug-likeness (QED) is 0.711. The molecule has 0 unspecified atom stereocenters. The van der Waals surface area contributed by atoms with Crippen LogP contribution in [0, 0.1) is 0 Å². The van der Waals surface area contributed by atoms with E-state index in [9.17, 15) is 14.4 Å². The zero-order chi connectivity index (χ0) is 19.4. The smallest absolute Gasteiger partial charge is 0.263 e. The third-order valence-corrected chi connectivity index (χ3v) is 4.36. The molecule has 7 heteroatoms. The first kappa shape index (κ1) is 18.4. The predicted molar refractivity (Wildman–Crippen MR) is 104 cm³/mol. The van der Waals surface area contributed by atoms with Crippen molar-refractivity contribution in [2.45, 2.75) is 6.54 Å². The minimum Gasteiger partial charge on any atom is -0.366 e. The van der Waals surface area contributed by atoms with Crippen LogP contribution < -0.4 is 16.6 Å². The van der Waals surface area contributed by atoms with E-state index in [1.54, 1.807) is 30.5 Å². The molecule has 136 valence electrons. The van der Waals surface area contributed by atoms with E-state index in [1.165, 1.54) is 22.8 Å². The number of nitrogens with one attached hydrogen (secondary N) is 1. The highest BCUT2D eigenvalue weighted by Gasteiger charge is 2.13. The van der Waals surface area contributed by atoms with E-state index in [0.717, 1.165) is 5.56 Å². The lowest BCUT2D eigenvalue weighted by molar-refractivity contribution is 0.0998. The summed E-state index contributed by atoms with van der Waals surface area (Å²) in [5, 5.41) is 3.19. The summed E-state index contributed by atoms with van der Waals surface area (Å²) in [6, 6.07) is 16.4. The Bertz CT molecular complexity index is 1060. The van der Waals surface area contributed by atoms with Crippen molar-refractivity contribution in [2.24, 2.45) is 5.73 Å². The van der Waals surface area contributed by atoms with Crippen LogP contribution in [-0.2, 0) is 6.54 Å². The van der Waals surface area contributed by atoms with Gasteiger partial charge in [0.2, 0.25) is 5.91 Å². The number of halogens is 1. The predicted octanol–water partition coefficient (Wildman–Crippen LogP) is 2.90. The van der Waals surface area contributed by atoms with E-state index < -0.39 is 17.4 Å². The van der Waals surface area contributed by atoms with Crippen molar-refractivity contribution in [3.8, 4) is 0 Å².